The first-order chi connectivity index (χ1) is 12.6. The SMILES string of the molecule is C[C@@H](Sc1nc2cc(Cl)ccc2s1)C(=O)Nc1cccc2ccccc12. The normalized spacial score (nSPS) is 12.4. The Labute approximate surface area is 164 Å². The lowest BCUT2D eigenvalue weighted by molar-refractivity contribution is -0.115. The number of hydrogen-bond acceptors (Lipinski definition) is 4. The van der Waals surface area contributed by atoms with E-state index in [4.69, 9.17) is 11.6 Å². The number of thioether (sulfide) groups is 1. The molecule has 4 aromatic rings. The van der Waals surface area contributed by atoms with Gasteiger partial charge in [0.1, 0.15) is 0 Å². The molecule has 6 heteroatoms. The number of carbonyl (C=O) groups excluding carboxylic acids is 1. The molecule has 3 aromatic carbocycles. The maximum atomic E-state index is 12.7. The number of hydrogen-bond donors (Lipinski definition) is 1. The van der Waals surface area contributed by atoms with Gasteiger partial charge in [0.25, 0.3) is 0 Å². The number of fused-ring (bicyclic) bond motifs is 2. The molecule has 0 saturated heterocycles. The average Bonchev–Trinajstić information content (AvgIpc) is 3.03. The van der Waals surface area contributed by atoms with E-state index in [-0.39, 0.29) is 11.2 Å². The molecule has 130 valence electrons. The molecule has 0 aliphatic heterocycles. The predicted octanol–water partition coefficient (Wildman–Crippen LogP) is 6.22. The second kappa shape index (κ2) is 7.27. The molecule has 0 radical (unpaired) electrons. The minimum absolute atomic E-state index is 0.0383. The van der Waals surface area contributed by atoms with Crippen molar-refractivity contribution in [2.75, 3.05) is 5.32 Å². The fraction of sp³-hybridized carbons (Fsp3) is 0.100. The third-order valence-electron chi connectivity index (χ3n) is 4.02. The van der Waals surface area contributed by atoms with Crippen LogP contribution >= 0.6 is 34.7 Å². The van der Waals surface area contributed by atoms with Crippen LogP contribution < -0.4 is 5.32 Å². The number of thiazole rings is 1. The van der Waals surface area contributed by atoms with Gasteiger partial charge in [-0.2, -0.15) is 0 Å². The van der Waals surface area contributed by atoms with Gasteiger partial charge in [0.2, 0.25) is 5.91 Å². The summed E-state index contributed by atoms with van der Waals surface area (Å²) in [6.07, 6.45) is 0. The number of amides is 1. The Hall–Kier alpha value is -2.08. The summed E-state index contributed by atoms with van der Waals surface area (Å²) in [5, 5.41) is 5.59. The first-order valence-corrected chi connectivity index (χ1v) is 10.2. The Kier molecular flexibility index (Phi) is 4.85. The molecule has 0 unspecified atom stereocenters. The average molecular weight is 399 g/mol. The molecule has 3 nitrogen and oxygen atoms in total. The Morgan fingerprint density at radius 3 is 2.85 bits per heavy atom. The van der Waals surface area contributed by atoms with Crippen molar-refractivity contribution in [1.82, 2.24) is 4.98 Å². The van der Waals surface area contributed by atoms with Gasteiger partial charge in [0.05, 0.1) is 15.5 Å². The van der Waals surface area contributed by atoms with Crippen molar-refractivity contribution >= 4 is 67.3 Å². The van der Waals surface area contributed by atoms with Gasteiger partial charge in [-0.25, -0.2) is 4.98 Å². The molecular formula is C20H15ClN2OS2. The molecule has 0 aliphatic carbocycles. The van der Waals surface area contributed by atoms with E-state index in [9.17, 15) is 4.79 Å². The number of nitrogens with zero attached hydrogens (tertiary/aromatic N) is 1. The van der Waals surface area contributed by atoms with Crippen LogP contribution in [0.1, 0.15) is 6.92 Å². The number of halogens is 1. The zero-order valence-electron chi connectivity index (χ0n) is 13.9. The summed E-state index contributed by atoms with van der Waals surface area (Å²) in [7, 11) is 0. The molecule has 4 rings (SSSR count). The Morgan fingerprint density at radius 2 is 1.96 bits per heavy atom. The van der Waals surface area contributed by atoms with Crippen LogP contribution in [0, 0.1) is 0 Å². The fourth-order valence-electron chi connectivity index (χ4n) is 2.70. The van der Waals surface area contributed by atoms with Gasteiger partial charge in [-0.05, 0) is 36.6 Å². The number of nitrogens with one attached hydrogen (secondary N) is 1. The molecule has 1 N–H and O–H groups in total. The molecule has 0 saturated carbocycles. The summed E-state index contributed by atoms with van der Waals surface area (Å²) in [6.45, 7) is 1.89. The van der Waals surface area contributed by atoms with Gasteiger partial charge >= 0.3 is 0 Å². The van der Waals surface area contributed by atoms with E-state index < -0.39 is 0 Å². The van der Waals surface area contributed by atoms with Gasteiger partial charge in [-0.1, -0.05) is 59.8 Å². The van der Waals surface area contributed by atoms with Crippen LogP contribution in [0.25, 0.3) is 21.0 Å². The van der Waals surface area contributed by atoms with Crippen LogP contribution in [0.5, 0.6) is 0 Å². The zero-order valence-corrected chi connectivity index (χ0v) is 16.3. The maximum absolute atomic E-state index is 12.7. The highest BCUT2D eigenvalue weighted by Gasteiger charge is 2.18. The standard InChI is InChI=1S/C20H15ClN2OS2/c1-12(25-20-23-17-11-14(21)9-10-18(17)26-20)19(24)22-16-8-4-6-13-5-2-3-7-15(13)16/h2-12H,1H3,(H,22,24)/t12-/m1/s1. The lowest BCUT2D eigenvalue weighted by Crippen LogP contribution is -2.22. The summed E-state index contributed by atoms with van der Waals surface area (Å²) in [4.78, 5) is 17.2. The van der Waals surface area contributed by atoms with Crippen LogP contribution in [-0.4, -0.2) is 16.1 Å². The fourth-order valence-corrected chi connectivity index (χ4v) is 5.06. The molecule has 0 bridgehead atoms. The van der Waals surface area contributed by atoms with E-state index >= 15 is 0 Å². The number of aromatic nitrogens is 1. The molecule has 1 heterocycles. The quantitative estimate of drug-likeness (QED) is 0.415. The molecule has 0 fully saturated rings. The lowest BCUT2D eigenvalue weighted by atomic mass is 10.1. The Morgan fingerprint density at radius 1 is 1.15 bits per heavy atom. The van der Waals surface area contributed by atoms with E-state index in [1.165, 1.54) is 11.8 Å². The maximum Gasteiger partial charge on any atom is 0.237 e. The highest BCUT2D eigenvalue weighted by atomic mass is 35.5. The third-order valence-corrected chi connectivity index (χ3v) is 6.49. The van der Waals surface area contributed by atoms with Crippen molar-refractivity contribution in [3.8, 4) is 0 Å². The van der Waals surface area contributed by atoms with Crippen LogP contribution in [0.15, 0.2) is 65.0 Å². The van der Waals surface area contributed by atoms with E-state index in [1.807, 2.05) is 67.6 Å². The number of anilines is 1. The van der Waals surface area contributed by atoms with Crippen molar-refractivity contribution in [2.45, 2.75) is 16.5 Å². The van der Waals surface area contributed by atoms with Gasteiger partial charge < -0.3 is 5.32 Å². The summed E-state index contributed by atoms with van der Waals surface area (Å²) in [6, 6.07) is 19.6. The molecule has 1 aromatic heterocycles. The monoisotopic (exact) mass is 398 g/mol. The topological polar surface area (TPSA) is 42.0 Å². The van der Waals surface area contributed by atoms with Gasteiger partial charge in [-0.15, -0.1) is 11.3 Å². The van der Waals surface area contributed by atoms with Crippen molar-refractivity contribution in [3.63, 3.8) is 0 Å². The van der Waals surface area contributed by atoms with Crippen LogP contribution in [0.4, 0.5) is 5.69 Å². The molecule has 1 amide bonds. The Bertz CT molecular complexity index is 1100. The smallest absolute Gasteiger partial charge is 0.237 e. The molecule has 0 aliphatic rings. The highest BCUT2D eigenvalue weighted by molar-refractivity contribution is 8.02. The third kappa shape index (κ3) is 3.56. The number of rotatable bonds is 4. The zero-order chi connectivity index (χ0) is 18.1. The summed E-state index contributed by atoms with van der Waals surface area (Å²) >= 11 is 9.05. The second-order valence-electron chi connectivity index (χ2n) is 5.87. The Balaban J connectivity index is 1.51. The molecule has 26 heavy (non-hydrogen) atoms. The first-order valence-electron chi connectivity index (χ1n) is 8.11. The minimum atomic E-state index is -0.259. The van der Waals surface area contributed by atoms with E-state index in [0.717, 1.165) is 31.0 Å². The van der Waals surface area contributed by atoms with Crippen molar-refractivity contribution in [3.05, 3.63) is 65.7 Å². The largest absolute Gasteiger partial charge is 0.325 e. The second-order valence-corrected chi connectivity index (χ2v) is 8.92. The van der Waals surface area contributed by atoms with E-state index in [0.29, 0.717) is 5.02 Å². The molecule has 1 atom stereocenters. The van der Waals surface area contributed by atoms with Crippen molar-refractivity contribution < 1.29 is 4.79 Å². The van der Waals surface area contributed by atoms with Gasteiger partial charge in [0, 0.05) is 16.1 Å². The summed E-state index contributed by atoms with van der Waals surface area (Å²) < 4.78 is 1.93. The van der Waals surface area contributed by atoms with Crippen LogP contribution in [-0.2, 0) is 4.79 Å². The highest BCUT2D eigenvalue weighted by Crippen LogP contribution is 2.33. The lowest BCUT2D eigenvalue weighted by Gasteiger charge is -2.12. The first kappa shape index (κ1) is 17.3. The summed E-state index contributed by atoms with van der Waals surface area (Å²) in [5.74, 6) is -0.0383. The van der Waals surface area contributed by atoms with E-state index in [2.05, 4.69) is 10.3 Å². The van der Waals surface area contributed by atoms with Crippen molar-refractivity contribution in [2.24, 2.45) is 0 Å². The van der Waals surface area contributed by atoms with Gasteiger partial charge in [0.15, 0.2) is 4.34 Å². The molecule has 0 spiro atoms. The van der Waals surface area contributed by atoms with Gasteiger partial charge in [-0.3, -0.25) is 4.79 Å². The van der Waals surface area contributed by atoms with E-state index in [1.54, 1.807) is 11.3 Å². The van der Waals surface area contributed by atoms with Crippen molar-refractivity contribution in [1.29, 1.82) is 0 Å². The number of carbonyl (C=O) groups is 1. The predicted molar refractivity (Wildman–Crippen MR) is 113 cm³/mol. The summed E-state index contributed by atoms with van der Waals surface area (Å²) in [5.41, 5.74) is 1.70. The minimum Gasteiger partial charge on any atom is -0.325 e. The molecular weight excluding hydrogens is 384 g/mol. The number of benzene rings is 3. The van der Waals surface area contributed by atoms with Crippen LogP contribution in [0.2, 0.25) is 5.02 Å². The van der Waals surface area contributed by atoms with Crippen LogP contribution in [0.3, 0.4) is 0 Å².